The predicted octanol–water partition coefficient (Wildman–Crippen LogP) is 2.37. The minimum absolute atomic E-state index is 0.159. The Labute approximate surface area is 73.2 Å². The van der Waals surface area contributed by atoms with E-state index >= 15 is 0 Å². The van der Waals surface area contributed by atoms with Crippen LogP contribution in [0, 0.1) is 0 Å². The summed E-state index contributed by atoms with van der Waals surface area (Å²) < 4.78 is 4.76. The van der Waals surface area contributed by atoms with Gasteiger partial charge in [0.25, 0.3) is 0 Å². The van der Waals surface area contributed by atoms with Gasteiger partial charge in [-0.15, -0.1) is 0 Å². The molecule has 2 nitrogen and oxygen atoms in total. The van der Waals surface area contributed by atoms with Crippen molar-refractivity contribution in [2.75, 3.05) is 13.7 Å². The SMILES string of the molecule is C=C/C=C(C=C)\C(O)=C/COC. The van der Waals surface area contributed by atoms with Crippen molar-refractivity contribution in [1.82, 2.24) is 0 Å². The third kappa shape index (κ3) is 3.78. The van der Waals surface area contributed by atoms with Crippen LogP contribution in [0.3, 0.4) is 0 Å². The van der Waals surface area contributed by atoms with Crippen molar-refractivity contribution in [2.45, 2.75) is 0 Å². The van der Waals surface area contributed by atoms with Crippen LogP contribution in [-0.4, -0.2) is 18.8 Å². The quantitative estimate of drug-likeness (QED) is 0.502. The van der Waals surface area contributed by atoms with Gasteiger partial charge in [0.1, 0.15) is 5.76 Å². The van der Waals surface area contributed by atoms with E-state index in [1.54, 1.807) is 31.4 Å². The zero-order valence-electron chi connectivity index (χ0n) is 7.29. The normalized spacial score (nSPS) is 12.8. The zero-order chi connectivity index (χ0) is 9.40. The molecule has 66 valence electrons. The average Bonchev–Trinajstić information content (AvgIpc) is 2.10. The second kappa shape index (κ2) is 6.43. The van der Waals surface area contributed by atoms with E-state index in [4.69, 9.17) is 4.74 Å². The molecule has 0 atom stereocenters. The Balaban J connectivity index is 4.40. The largest absolute Gasteiger partial charge is 0.508 e. The smallest absolute Gasteiger partial charge is 0.121 e. The highest BCUT2D eigenvalue weighted by atomic mass is 16.5. The van der Waals surface area contributed by atoms with Gasteiger partial charge in [0.2, 0.25) is 0 Å². The first kappa shape index (κ1) is 10.7. The van der Waals surface area contributed by atoms with Gasteiger partial charge in [0.05, 0.1) is 6.61 Å². The van der Waals surface area contributed by atoms with E-state index in [0.717, 1.165) is 0 Å². The van der Waals surface area contributed by atoms with Gasteiger partial charge < -0.3 is 9.84 Å². The highest BCUT2D eigenvalue weighted by molar-refractivity contribution is 5.36. The van der Waals surface area contributed by atoms with Crippen molar-refractivity contribution in [3.8, 4) is 0 Å². The van der Waals surface area contributed by atoms with Crippen molar-refractivity contribution >= 4 is 0 Å². The molecule has 0 bridgehead atoms. The highest BCUT2D eigenvalue weighted by Gasteiger charge is 1.95. The second-order valence-electron chi connectivity index (χ2n) is 2.11. The Morgan fingerprint density at radius 1 is 1.50 bits per heavy atom. The topological polar surface area (TPSA) is 29.5 Å². The molecule has 0 aromatic carbocycles. The lowest BCUT2D eigenvalue weighted by atomic mass is 10.2. The first-order valence-electron chi connectivity index (χ1n) is 3.59. The second-order valence-corrected chi connectivity index (χ2v) is 2.11. The minimum Gasteiger partial charge on any atom is -0.508 e. The number of aliphatic hydroxyl groups is 1. The van der Waals surface area contributed by atoms with Crippen LogP contribution in [0.1, 0.15) is 0 Å². The number of allylic oxidation sites excluding steroid dienone is 3. The summed E-state index contributed by atoms with van der Waals surface area (Å²) in [5, 5.41) is 9.36. The molecule has 0 aliphatic heterocycles. The number of aliphatic hydroxyl groups excluding tert-OH is 1. The van der Waals surface area contributed by atoms with Crippen LogP contribution < -0.4 is 0 Å². The Hall–Kier alpha value is -1.28. The maximum atomic E-state index is 9.36. The van der Waals surface area contributed by atoms with Gasteiger partial charge in [0.15, 0.2) is 0 Å². The Morgan fingerprint density at radius 3 is 2.58 bits per heavy atom. The molecule has 0 aliphatic rings. The zero-order valence-corrected chi connectivity index (χ0v) is 7.29. The van der Waals surface area contributed by atoms with Gasteiger partial charge in [0, 0.05) is 12.7 Å². The standard InChI is InChI=1S/C10H14O2/c1-4-6-9(5-2)10(11)7-8-12-3/h4-7,11H,1-2,8H2,3H3/b9-6-,10-7+. The van der Waals surface area contributed by atoms with Gasteiger partial charge in [-0.05, 0) is 6.08 Å². The van der Waals surface area contributed by atoms with E-state index in [9.17, 15) is 5.11 Å². The van der Waals surface area contributed by atoms with Crippen molar-refractivity contribution in [3.63, 3.8) is 0 Å². The van der Waals surface area contributed by atoms with Crippen LogP contribution in [0.2, 0.25) is 0 Å². The van der Waals surface area contributed by atoms with Crippen LogP contribution in [0.15, 0.2) is 48.8 Å². The van der Waals surface area contributed by atoms with Gasteiger partial charge in [-0.25, -0.2) is 0 Å². The number of methoxy groups -OCH3 is 1. The van der Waals surface area contributed by atoms with E-state index in [-0.39, 0.29) is 5.76 Å². The molecule has 0 radical (unpaired) electrons. The fourth-order valence-corrected chi connectivity index (χ4v) is 0.665. The molecule has 0 heterocycles. The molecule has 0 amide bonds. The number of ether oxygens (including phenoxy) is 1. The lowest BCUT2D eigenvalue weighted by Crippen LogP contribution is -1.89. The molecule has 2 heteroatoms. The molecule has 0 saturated heterocycles. The predicted molar refractivity (Wildman–Crippen MR) is 51.1 cm³/mol. The fraction of sp³-hybridized carbons (Fsp3) is 0.200. The molecule has 0 rings (SSSR count). The molecule has 0 fully saturated rings. The summed E-state index contributed by atoms with van der Waals surface area (Å²) in [6.07, 6.45) is 6.39. The third-order valence-corrected chi connectivity index (χ3v) is 1.26. The monoisotopic (exact) mass is 166 g/mol. The van der Waals surface area contributed by atoms with E-state index in [2.05, 4.69) is 13.2 Å². The van der Waals surface area contributed by atoms with Crippen LogP contribution in [0.25, 0.3) is 0 Å². The third-order valence-electron chi connectivity index (χ3n) is 1.26. The van der Waals surface area contributed by atoms with Crippen LogP contribution in [-0.2, 0) is 4.74 Å². The fourth-order valence-electron chi connectivity index (χ4n) is 0.665. The Bertz CT molecular complexity index is 212. The molecule has 0 aromatic rings. The van der Waals surface area contributed by atoms with Gasteiger partial charge in [-0.1, -0.05) is 31.4 Å². The van der Waals surface area contributed by atoms with Crippen molar-refractivity contribution in [3.05, 3.63) is 48.8 Å². The molecule has 1 N–H and O–H groups in total. The van der Waals surface area contributed by atoms with Gasteiger partial charge in [-0.3, -0.25) is 0 Å². The number of hydrogen-bond donors (Lipinski definition) is 1. The van der Waals surface area contributed by atoms with Crippen LogP contribution in [0.5, 0.6) is 0 Å². The summed E-state index contributed by atoms with van der Waals surface area (Å²) in [5.74, 6) is 0.159. The Morgan fingerprint density at radius 2 is 2.17 bits per heavy atom. The number of rotatable bonds is 5. The van der Waals surface area contributed by atoms with Crippen molar-refractivity contribution in [1.29, 1.82) is 0 Å². The van der Waals surface area contributed by atoms with E-state index in [1.807, 2.05) is 0 Å². The summed E-state index contributed by atoms with van der Waals surface area (Å²) in [6, 6.07) is 0. The molecule has 0 saturated carbocycles. The summed E-state index contributed by atoms with van der Waals surface area (Å²) in [4.78, 5) is 0. The van der Waals surface area contributed by atoms with E-state index in [1.165, 1.54) is 0 Å². The van der Waals surface area contributed by atoms with Crippen molar-refractivity contribution < 1.29 is 9.84 Å². The first-order valence-corrected chi connectivity index (χ1v) is 3.59. The maximum absolute atomic E-state index is 9.36. The average molecular weight is 166 g/mol. The van der Waals surface area contributed by atoms with E-state index < -0.39 is 0 Å². The summed E-state index contributed by atoms with van der Waals surface area (Å²) in [5.41, 5.74) is 0.641. The molecular weight excluding hydrogens is 152 g/mol. The van der Waals surface area contributed by atoms with Crippen LogP contribution >= 0.6 is 0 Å². The molecule has 0 spiro atoms. The molecular formula is C10H14O2. The highest BCUT2D eigenvalue weighted by Crippen LogP contribution is 2.07. The first-order chi connectivity index (χ1) is 5.76. The lowest BCUT2D eigenvalue weighted by molar-refractivity contribution is 0.230. The van der Waals surface area contributed by atoms with Gasteiger partial charge >= 0.3 is 0 Å². The van der Waals surface area contributed by atoms with E-state index in [0.29, 0.717) is 12.2 Å². The summed E-state index contributed by atoms with van der Waals surface area (Å²) >= 11 is 0. The molecule has 0 unspecified atom stereocenters. The molecule has 12 heavy (non-hydrogen) atoms. The molecule has 0 aromatic heterocycles. The Kier molecular flexibility index (Phi) is 5.75. The minimum atomic E-state index is 0.159. The lowest BCUT2D eigenvalue weighted by Gasteiger charge is -1.98. The van der Waals surface area contributed by atoms with Gasteiger partial charge in [-0.2, -0.15) is 0 Å². The maximum Gasteiger partial charge on any atom is 0.121 e. The van der Waals surface area contributed by atoms with Crippen LogP contribution in [0.4, 0.5) is 0 Å². The number of hydrogen-bond acceptors (Lipinski definition) is 2. The summed E-state index contributed by atoms with van der Waals surface area (Å²) in [6.45, 7) is 7.45. The van der Waals surface area contributed by atoms with Crippen molar-refractivity contribution in [2.24, 2.45) is 0 Å². The summed E-state index contributed by atoms with van der Waals surface area (Å²) in [7, 11) is 1.56. The molecule has 0 aliphatic carbocycles.